The summed E-state index contributed by atoms with van der Waals surface area (Å²) >= 11 is 0. The maximum atomic E-state index is 12.3. The number of hydrogen-bond donors (Lipinski definition) is 1. The van der Waals surface area contributed by atoms with Crippen LogP contribution in [0.3, 0.4) is 0 Å². The highest BCUT2D eigenvalue weighted by molar-refractivity contribution is 5.76. The maximum absolute atomic E-state index is 12.3. The van der Waals surface area contributed by atoms with Gasteiger partial charge in [0.15, 0.2) is 0 Å². The number of benzene rings is 1. The Balaban J connectivity index is 1.86. The van der Waals surface area contributed by atoms with Crippen molar-refractivity contribution in [3.8, 4) is 0 Å². The lowest BCUT2D eigenvalue weighted by Crippen LogP contribution is -2.48. The number of amides is 1. The van der Waals surface area contributed by atoms with Crippen molar-refractivity contribution < 1.29 is 4.79 Å². The first-order valence-electron chi connectivity index (χ1n) is 8.11. The number of carbonyl (C=O) groups is 1. The molecule has 1 aliphatic rings. The predicted molar refractivity (Wildman–Crippen MR) is 87.2 cm³/mol. The highest BCUT2D eigenvalue weighted by Crippen LogP contribution is 2.19. The van der Waals surface area contributed by atoms with Gasteiger partial charge in [-0.05, 0) is 43.2 Å². The summed E-state index contributed by atoms with van der Waals surface area (Å²) in [5, 5.41) is 0. The number of nitrogens with two attached hydrogens (primary N) is 1. The molecule has 116 valence electrons. The standard InChI is InChI=1S/C18H28N2O/c1-13(2)16-7-4-15(5-8-16)6-9-18(21)20-11-10-17(19)12-14(20)3/h4-5,7-8,13-14,17H,6,9-12,19H2,1-3H3/t14-,17-/m1/s1. The molecule has 0 bridgehead atoms. The van der Waals surface area contributed by atoms with Gasteiger partial charge in [0.25, 0.3) is 0 Å². The molecule has 1 heterocycles. The first kappa shape index (κ1) is 16.0. The molecule has 1 fully saturated rings. The molecule has 2 atom stereocenters. The third-order valence-corrected chi connectivity index (χ3v) is 4.51. The van der Waals surface area contributed by atoms with E-state index in [9.17, 15) is 4.79 Å². The Labute approximate surface area is 128 Å². The second kappa shape index (κ2) is 7.08. The minimum absolute atomic E-state index is 0.257. The van der Waals surface area contributed by atoms with Gasteiger partial charge in [0.05, 0.1) is 0 Å². The topological polar surface area (TPSA) is 46.3 Å². The van der Waals surface area contributed by atoms with Crippen LogP contribution in [0, 0.1) is 0 Å². The number of rotatable bonds is 4. The van der Waals surface area contributed by atoms with E-state index in [1.807, 2.05) is 4.90 Å². The van der Waals surface area contributed by atoms with Crippen LogP contribution in [0.15, 0.2) is 24.3 Å². The molecular formula is C18H28N2O. The van der Waals surface area contributed by atoms with Gasteiger partial charge < -0.3 is 10.6 Å². The van der Waals surface area contributed by atoms with E-state index in [1.54, 1.807) is 0 Å². The van der Waals surface area contributed by atoms with Crippen molar-refractivity contribution in [2.45, 2.75) is 64.5 Å². The molecule has 1 aromatic carbocycles. The molecule has 0 spiro atoms. The average Bonchev–Trinajstić information content (AvgIpc) is 2.45. The fourth-order valence-electron chi connectivity index (χ4n) is 3.04. The SMILES string of the molecule is CC(C)c1ccc(CCC(=O)N2CC[C@@H](N)C[C@H]2C)cc1. The summed E-state index contributed by atoms with van der Waals surface area (Å²) in [6.45, 7) is 7.31. The molecule has 0 aromatic heterocycles. The Morgan fingerprint density at radius 2 is 2.00 bits per heavy atom. The molecule has 0 unspecified atom stereocenters. The van der Waals surface area contributed by atoms with E-state index < -0.39 is 0 Å². The molecule has 21 heavy (non-hydrogen) atoms. The van der Waals surface area contributed by atoms with Crippen molar-refractivity contribution in [3.63, 3.8) is 0 Å². The van der Waals surface area contributed by atoms with Crippen LogP contribution in [0.1, 0.15) is 57.1 Å². The van der Waals surface area contributed by atoms with Gasteiger partial charge in [0, 0.05) is 25.0 Å². The molecule has 3 nitrogen and oxygen atoms in total. The van der Waals surface area contributed by atoms with Crippen LogP contribution in [0.4, 0.5) is 0 Å². The smallest absolute Gasteiger partial charge is 0.223 e. The first-order chi connectivity index (χ1) is 9.97. The van der Waals surface area contributed by atoms with Crippen molar-refractivity contribution in [2.75, 3.05) is 6.54 Å². The molecule has 3 heteroatoms. The number of carbonyl (C=O) groups excluding carboxylic acids is 1. The molecule has 2 N–H and O–H groups in total. The molecular weight excluding hydrogens is 260 g/mol. The molecule has 1 saturated heterocycles. The third-order valence-electron chi connectivity index (χ3n) is 4.51. The van der Waals surface area contributed by atoms with Gasteiger partial charge in [-0.1, -0.05) is 38.1 Å². The van der Waals surface area contributed by atoms with Crippen molar-refractivity contribution >= 4 is 5.91 Å². The van der Waals surface area contributed by atoms with Crippen molar-refractivity contribution in [3.05, 3.63) is 35.4 Å². The summed E-state index contributed by atoms with van der Waals surface area (Å²) in [6, 6.07) is 9.19. The lowest BCUT2D eigenvalue weighted by atomic mass is 9.97. The molecule has 0 saturated carbocycles. The van der Waals surface area contributed by atoms with Crippen molar-refractivity contribution in [2.24, 2.45) is 5.73 Å². The van der Waals surface area contributed by atoms with Crippen LogP contribution in [-0.2, 0) is 11.2 Å². The number of likely N-dealkylation sites (tertiary alicyclic amines) is 1. The quantitative estimate of drug-likeness (QED) is 0.925. The number of aryl methyl sites for hydroxylation is 1. The summed E-state index contributed by atoms with van der Waals surface area (Å²) in [5.41, 5.74) is 8.55. The van der Waals surface area contributed by atoms with Gasteiger partial charge in [-0.2, -0.15) is 0 Å². The highest BCUT2D eigenvalue weighted by atomic mass is 16.2. The fourth-order valence-corrected chi connectivity index (χ4v) is 3.04. The summed E-state index contributed by atoms with van der Waals surface area (Å²) in [4.78, 5) is 14.4. The number of hydrogen-bond acceptors (Lipinski definition) is 2. The summed E-state index contributed by atoms with van der Waals surface area (Å²) in [6.07, 6.45) is 3.28. The molecule has 1 aliphatic heterocycles. The lowest BCUT2D eigenvalue weighted by Gasteiger charge is -2.36. The van der Waals surface area contributed by atoms with Crippen LogP contribution in [0.25, 0.3) is 0 Å². The zero-order valence-electron chi connectivity index (χ0n) is 13.5. The second-order valence-electron chi connectivity index (χ2n) is 6.62. The van der Waals surface area contributed by atoms with Crippen LogP contribution in [0.2, 0.25) is 0 Å². The average molecular weight is 288 g/mol. The Morgan fingerprint density at radius 3 is 2.57 bits per heavy atom. The third kappa shape index (κ3) is 4.31. The van der Waals surface area contributed by atoms with Crippen molar-refractivity contribution in [1.82, 2.24) is 4.90 Å². The minimum atomic E-state index is 0.257. The zero-order chi connectivity index (χ0) is 15.4. The monoisotopic (exact) mass is 288 g/mol. The van der Waals surface area contributed by atoms with E-state index in [1.165, 1.54) is 11.1 Å². The Bertz CT molecular complexity index is 467. The van der Waals surface area contributed by atoms with Gasteiger partial charge >= 0.3 is 0 Å². The fraction of sp³-hybridized carbons (Fsp3) is 0.611. The van der Waals surface area contributed by atoms with Gasteiger partial charge in [-0.3, -0.25) is 4.79 Å². The Morgan fingerprint density at radius 1 is 1.33 bits per heavy atom. The van der Waals surface area contributed by atoms with E-state index in [0.717, 1.165) is 25.8 Å². The van der Waals surface area contributed by atoms with Gasteiger partial charge in [0.1, 0.15) is 0 Å². The lowest BCUT2D eigenvalue weighted by molar-refractivity contribution is -0.134. The highest BCUT2D eigenvalue weighted by Gasteiger charge is 2.26. The zero-order valence-corrected chi connectivity index (χ0v) is 13.5. The minimum Gasteiger partial charge on any atom is -0.340 e. The van der Waals surface area contributed by atoms with Crippen LogP contribution < -0.4 is 5.73 Å². The number of nitrogens with zero attached hydrogens (tertiary/aromatic N) is 1. The summed E-state index contributed by atoms with van der Waals surface area (Å²) < 4.78 is 0. The second-order valence-corrected chi connectivity index (χ2v) is 6.62. The molecule has 0 aliphatic carbocycles. The predicted octanol–water partition coefficient (Wildman–Crippen LogP) is 3.08. The largest absolute Gasteiger partial charge is 0.340 e. The first-order valence-corrected chi connectivity index (χ1v) is 8.11. The number of piperidine rings is 1. The molecule has 1 aromatic rings. The van der Waals surface area contributed by atoms with E-state index in [4.69, 9.17) is 5.73 Å². The summed E-state index contributed by atoms with van der Waals surface area (Å²) in [5.74, 6) is 0.821. The molecule has 0 radical (unpaired) electrons. The molecule has 1 amide bonds. The van der Waals surface area contributed by atoms with Crippen LogP contribution >= 0.6 is 0 Å². The van der Waals surface area contributed by atoms with E-state index >= 15 is 0 Å². The van der Waals surface area contributed by atoms with E-state index in [2.05, 4.69) is 45.0 Å². The van der Waals surface area contributed by atoms with Crippen LogP contribution in [0.5, 0.6) is 0 Å². The Kier molecular flexibility index (Phi) is 5.40. The normalized spacial score (nSPS) is 22.6. The van der Waals surface area contributed by atoms with Gasteiger partial charge in [-0.25, -0.2) is 0 Å². The van der Waals surface area contributed by atoms with E-state index in [0.29, 0.717) is 12.3 Å². The molecule has 2 rings (SSSR count). The van der Waals surface area contributed by atoms with Gasteiger partial charge in [0.2, 0.25) is 5.91 Å². The van der Waals surface area contributed by atoms with Crippen LogP contribution in [-0.4, -0.2) is 29.4 Å². The Hall–Kier alpha value is -1.35. The van der Waals surface area contributed by atoms with Crippen molar-refractivity contribution in [1.29, 1.82) is 0 Å². The van der Waals surface area contributed by atoms with Gasteiger partial charge in [-0.15, -0.1) is 0 Å². The maximum Gasteiger partial charge on any atom is 0.223 e. The summed E-state index contributed by atoms with van der Waals surface area (Å²) in [7, 11) is 0. The van der Waals surface area contributed by atoms with E-state index in [-0.39, 0.29) is 18.0 Å².